The average molecular weight is 271 g/mol. The Morgan fingerprint density at radius 2 is 2.25 bits per heavy atom. The maximum Gasteiger partial charge on any atom is 0.0797 e. The summed E-state index contributed by atoms with van der Waals surface area (Å²) in [5.41, 5.74) is 1.00. The van der Waals surface area contributed by atoms with Crippen molar-refractivity contribution in [2.45, 2.75) is 44.3 Å². The van der Waals surface area contributed by atoms with E-state index in [1.165, 1.54) is 12.8 Å². The van der Waals surface area contributed by atoms with Crippen molar-refractivity contribution in [1.82, 2.24) is 4.98 Å². The van der Waals surface area contributed by atoms with Gasteiger partial charge in [0.25, 0.3) is 0 Å². The summed E-state index contributed by atoms with van der Waals surface area (Å²) in [5.74, 6) is 0. The number of rotatable bonds is 4. The monoisotopic (exact) mass is 271 g/mol. The molecule has 2 atom stereocenters. The second-order valence-electron chi connectivity index (χ2n) is 5.53. The molecule has 0 radical (unpaired) electrons. The average Bonchev–Trinajstić information content (AvgIpc) is 2.53. The van der Waals surface area contributed by atoms with E-state index in [2.05, 4.69) is 4.98 Å². The van der Waals surface area contributed by atoms with Crippen LogP contribution in [0, 0.1) is 0 Å². The zero-order chi connectivity index (χ0) is 13.8. The Bertz CT molecular complexity index is 558. The van der Waals surface area contributed by atoms with Gasteiger partial charge in [0.05, 0.1) is 12.2 Å². The fourth-order valence-corrected chi connectivity index (χ4v) is 2.97. The minimum Gasteiger partial charge on any atom is -0.388 e. The molecule has 1 fully saturated rings. The van der Waals surface area contributed by atoms with Gasteiger partial charge in [0.1, 0.15) is 0 Å². The van der Waals surface area contributed by atoms with Crippen LogP contribution in [0.2, 0.25) is 0 Å². The van der Waals surface area contributed by atoms with Crippen LogP contribution >= 0.6 is 0 Å². The standard InChI is InChI=1S/C17H21NO2/c19-17(8-7-14-5-1-2-11-20-14)16-6-3-4-13-12-18-10-9-15(13)16/h3-4,6,9-10,12,14,17,19H,1-2,5,7-8,11H2. The Morgan fingerprint density at radius 3 is 3.10 bits per heavy atom. The summed E-state index contributed by atoms with van der Waals surface area (Å²) in [6, 6.07) is 8.00. The number of aliphatic hydroxyl groups excluding tert-OH is 1. The molecule has 106 valence electrons. The molecule has 0 bridgehead atoms. The summed E-state index contributed by atoms with van der Waals surface area (Å²) in [5, 5.41) is 12.7. The van der Waals surface area contributed by atoms with E-state index in [0.717, 1.165) is 42.2 Å². The van der Waals surface area contributed by atoms with Gasteiger partial charge in [-0.05, 0) is 49.1 Å². The van der Waals surface area contributed by atoms with Crippen LogP contribution in [0.4, 0.5) is 0 Å². The normalized spacial score (nSPS) is 20.9. The summed E-state index contributed by atoms with van der Waals surface area (Å²) in [6.07, 6.45) is 8.77. The maximum absolute atomic E-state index is 10.5. The molecule has 0 aliphatic carbocycles. The highest BCUT2D eigenvalue weighted by Crippen LogP contribution is 2.28. The Morgan fingerprint density at radius 1 is 1.30 bits per heavy atom. The molecule has 2 aromatic rings. The van der Waals surface area contributed by atoms with Gasteiger partial charge in [0.15, 0.2) is 0 Å². The molecule has 1 aromatic heterocycles. The highest BCUT2D eigenvalue weighted by molar-refractivity contribution is 5.85. The number of aliphatic hydroxyl groups is 1. The smallest absolute Gasteiger partial charge is 0.0797 e. The summed E-state index contributed by atoms with van der Waals surface area (Å²) < 4.78 is 5.73. The zero-order valence-corrected chi connectivity index (χ0v) is 11.7. The van der Waals surface area contributed by atoms with Crippen molar-refractivity contribution in [3.63, 3.8) is 0 Å². The number of pyridine rings is 1. The predicted molar refractivity (Wildman–Crippen MR) is 79.5 cm³/mol. The van der Waals surface area contributed by atoms with Crippen LogP contribution in [0.15, 0.2) is 36.7 Å². The molecule has 3 rings (SSSR count). The maximum atomic E-state index is 10.5. The third-order valence-electron chi connectivity index (χ3n) is 4.11. The number of aromatic nitrogens is 1. The van der Waals surface area contributed by atoms with E-state index in [-0.39, 0.29) is 0 Å². The number of benzene rings is 1. The SMILES string of the molecule is OC(CCC1CCCCO1)c1cccc2cnccc12. The van der Waals surface area contributed by atoms with Gasteiger partial charge < -0.3 is 9.84 Å². The third kappa shape index (κ3) is 3.00. The lowest BCUT2D eigenvalue weighted by atomic mass is 9.96. The van der Waals surface area contributed by atoms with Gasteiger partial charge in [-0.1, -0.05) is 18.2 Å². The molecule has 1 saturated heterocycles. The van der Waals surface area contributed by atoms with Gasteiger partial charge in [-0.25, -0.2) is 0 Å². The van der Waals surface area contributed by atoms with Gasteiger partial charge in [-0.2, -0.15) is 0 Å². The molecule has 1 aliphatic rings. The number of nitrogens with zero attached hydrogens (tertiary/aromatic N) is 1. The van der Waals surface area contributed by atoms with Crippen molar-refractivity contribution in [3.05, 3.63) is 42.2 Å². The van der Waals surface area contributed by atoms with E-state index in [0.29, 0.717) is 6.10 Å². The summed E-state index contributed by atoms with van der Waals surface area (Å²) in [7, 11) is 0. The quantitative estimate of drug-likeness (QED) is 0.923. The number of hydrogen-bond acceptors (Lipinski definition) is 3. The molecule has 0 saturated carbocycles. The molecule has 1 N–H and O–H groups in total. The largest absolute Gasteiger partial charge is 0.388 e. The van der Waals surface area contributed by atoms with Crippen LogP contribution in [-0.4, -0.2) is 22.8 Å². The predicted octanol–water partition coefficient (Wildman–Crippen LogP) is 3.62. The van der Waals surface area contributed by atoms with Crippen molar-refractivity contribution < 1.29 is 9.84 Å². The first-order valence-electron chi connectivity index (χ1n) is 7.47. The van der Waals surface area contributed by atoms with Crippen molar-refractivity contribution in [1.29, 1.82) is 0 Å². The topological polar surface area (TPSA) is 42.4 Å². The molecule has 2 unspecified atom stereocenters. The van der Waals surface area contributed by atoms with Crippen molar-refractivity contribution in [2.75, 3.05) is 6.61 Å². The fourth-order valence-electron chi connectivity index (χ4n) is 2.97. The Labute approximate surface area is 119 Å². The highest BCUT2D eigenvalue weighted by atomic mass is 16.5. The lowest BCUT2D eigenvalue weighted by molar-refractivity contribution is 0.00222. The lowest BCUT2D eigenvalue weighted by Crippen LogP contribution is -2.19. The van der Waals surface area contributed by atoms with Crippen LogP contribution in [0.3, 0.4) is 0 Å². The molecule has 1 aromatic carbocycles. The van der Waals surface area contributed by atoms with Crippen LogP contribution < -0.4 is 0 Å². The Kier molecular flexibility index (Phi) is 4.28. The molecule has 0 spiro atoms. The minimum absolute atomic E-state index is 0.329. The first-order chi connectivity index (χ1) is 9.84. The number of ether oxygens (including phenoxy) is 1. The molecule has 20 heavy (non-hydrogen) atoms. The van der Waals surface area contributed by atoms with Gasteiger partial charge in [0.2, 0.25) is 0 Å². The lowest BCUT2D eigenvalue weighted by Gasteiger charge is -2.23. The number of hydrogen-bond donors (Lipinski definition) is 1. The molecule has 0 amide bonds. The second-order valence-corrected chi connectivity index (χ2v) is 5.53. The van der Waals surface area contributed by atoms with E-state index in [4.69, 9.17) is 4.74 Å². The van der Waals surface area contributed by atoms with Crippen LogP contribution in [0.25, 0.3) is 10.8 Å². The molecule has 2 heterocycles. The first kappa shape index (κ1) is 13.5. The van der Waals surface area contributed by atoms with Crippen LogP contribution in [0.1, 0.15) is 43.8 Å². The molecular weight excluding hydrogens is 250 g/mol. The first-order valence-corrected chi connectivity index (χ1v) is 7.47. The van der Waals surface area contributed by atoms with Crippen molar-refractivity contribution in [3.8, 4) is 0 Å². The van der Waals surface area contributed by atoms with Crippen LogP contribution in [0.5, 0.6) is 0 Å². The van der Waals surface area contributed by atoms with E-state index < -0.39 is 6.10 Å². The minimum atomic E-state index is -0.424. The zero-order valence-electron chi connectivity index (χ0n) is 11.7. The second kappa shape index (κ2) is 6.33. The van der Waals surface area contributed by atoms with Crippen molar-refractivity contribution in [2.24, 2.45) is 0 Å². The molecule has 3 heteroatoms. The fraction of sp³-hybridized carbons (Fsp3) is 0.471. The number of fused-ring (bicyclic) bond motifs is 1. The van der Waals surface area contributed by atoms with E-state index in [9.17, 15) is 5.11 Å². The summed E-state index contributed by atoms with van der Waals surface area (Å²) in [6.45, 7) is 0.876. The van der Waals surface area contributed by atoms with E-state index in [1.807, 2.05) is 30.5 Å². The van der Waals surface area contributed by atoms with Crippen LogP contribution in [-0.2, 0) is 4.74 Å². The highest BCUT2D eigenvalue weighted by Gasteiger charge is 2.17. The molecule has 3 nitrogen and oxygen atoms in total. The van der Waals surface area contributed by atoms with E-state index in [1.54, 1.807) is 6.20 Å². The Balaban J connectivity index is 1.70. The van der Waals surface area contributed by atoms with Gasteiger partial charge in [-0.15, -0.1) is 0 Å². The molecular formula is C17H21NO2. The van der Waals surface area contributed by atoms with Crippen molar-refractivity contribution >= 4 is 10.8 Å². The molecule has 1 aliphatic heterocycles. The van der Waals surface area contributed by atoms with Gasteiger partial charge in [0, 0.05) is 24.4 Å². The van der Waals surface area contributed by atoms with E-state index >= 15 is 0 Å². The van der Waals surface area contributed by atoms with Gasteiger partial charge in [-0.3, -0.25) is 4.98 Å². The summed E-state index contributed by atoms with van der Waals surface area (Å²) >= 11 is 0. The third-order valence-corrected chi connectivity index (χ3v) is 4.11. The Hall–Kier alpha value is -1.45. The van der Waals surface area contributed by atoms with Gasteiger partial charge >= 0.3 is 0 Å². The summed E-state index contributed by atoms with van der Waals surface area (Å²) in [4.78, 5) is 4.13.